The highest BCUT2D eigenvalue weighted by molar-refractivity contribution is 6.02. The normalized spacial score (nSPS) is 10.4. The molecule has 0 bridgehead atoms. The second-order valence-corrected chi connectivity index (χ2v) is 5.27. The third kappa shape index (κ3) is 4.15. The first kappa shape index (κ1) is 17.4. The molecule has 0 aliphatic rings. The van der Waals surface area contributed by atoms with E-state index in [1.165, 1.54) is 10.7 Å². The number of carbonyl (C=O) groups excluding carboxylic acids is 1. The number of nitrogens with one attached hydrogen (secondary N) is 1. The van der Waals surface area contributed by atoms with Crippen molar-refractivity contribution >= 4 is 11.6 Å². The van der Waals surface area contributed by atoms with Crippen LogP contribution in [0.25, 0.3) is 0 Å². The maximum absolute atomic E-state index is 13.6. The first-order chi connectivity index (χ1) is 12.5. The van der Waals surface area contributed by atoms with Gasteiger partial charge >= 0.3 is 0 Å². The zero-order chi connectivity index (χ0) is 18.5. The highest BCUT2D eigenvalue weighted by Gasteiger charge is 2.13. The zero-order valence-corrected chi connectivity index (χ0v) is 13.8. The molecule has 1 N–H and O–H groups in total. The summed E-state index contributed by atoms with van der Waals surface area (Å²) in [4.78, 5) is 12.1. The van der Waals surface area contributed by atoms with Crippen LogP contribution in [0.1, 0.15) is 10.5 Å². The van der Waals surface area contributed by atoms with Crippen LogP contribution in [-0.4, -0.2) is 22.8 Å². The van der Waals surface area contributed by atoms with E-state index >= 15 is 0 Å². The maximum atomic E-state index is 13.6. The fourth-order valence-corrected chi connectivity index (χ4v) is 2.14. The molecule has 0 spiro atoms. The van der Waals surface area contributed by atoms with E-state index in [-0.39, 0.29) is 18.1 Å². The van der Waals surface area contributed by atoms with Crippen LogP contribution in [0.5, 0.6) is 11.5 Å². The first-order valence-electron chi connectivity index (χ1n) is 7.62. The standard InChI is InChI=1S/C18H15F2N3O3/c1-25-13-3-5-14(6-4-13)26-11-23-9-8-17(22-23)18(24)21-16-7-2-12(19)10-15(16)20/h2-10H,11H2,1H3,(H,21,24). The molecular weight excluding hydrogens is 344 g/mol. The Bertz CT molecular complexity index is 910. The summed E-state index contributed by atoms with van der Waals surface area (Å²) in [5, 5.41) is 6.40. The fourth-order valence-electron chi connectivity index (χ4n) is 2.14. The Hall–Kier alpha value is -3.42. The van der Waals surface area contributed by atoms with Gasteiger partial charge in [-0.2, -0.15) is 5.10 Å². The summed E-state index contributed by atoms with van der Waals surface area (Å²) in [5.41, 5.74) is -0.0486. The highest BCUT2D eigenvalue weighted by Crippen LogP contribution is 2.18. The van der Waals surface area contributed by atoms with Crippen molar-refractivity contribution in [3.05, 3.63) is 72.1 Å². The van der Waals surface area contributed by atoms with Crippen molar-refractivity contribution in [3.63, 3.8) is 0 Å². The molecule has 1 amide bonds. The quantitative estimate of drug-likeness (QED) is 0.732. The lowest BCUT2D eigenvalue weighted by Crippen LogP contribution is -2.15. The van der Waals surface area contributed by atoms with Crippen LogP contribution in [0.4, 0.5) is 14.5 Å². The molecule has 1 aromatic heterocycles. The van der Waals surface area contributed by atoms with Crippen molar-refractivity contribution in [3.8, 4) is 11.5 Å². The van der Waals surface area contributed by atoms with Gasteiger partial charge in [0, 0.05) is 12.3 Å². The summed E-state index contributed by atoms with van der Waals surface area (Å²) in [6.07, 6.45) is 1.56. The van der Waals surface area contributed by atoms with E-state index in [9.17, 15) is 13.6 Å². The molecular formula is C18H15F2N3O3. The van der Waals surface area contributed by atoms with Gasteiger partial charge in [-0.1, -0.05) is 0 Å². The molecule has 2 aromatic carbocycles. The molecule has 8 heteroatoms. The minimum atomic E-state index is -0.861. The molecule has 26 heavy (non-hydrogen) atoms. The van der Waals surface area contributed by atoms with Crippen molar-refractivity contribution in [1.29, 1.82) is 0 Å². The van der Waals surface area contributed by atoms with Crippen LogP contribution in [0.15, 0.2) is 54.7 Å². The minimum Gasteiger partial charge on any atom is -0.497 e. The Labute approximate surface area is 148 Å². The van der Waals surface area contributed by atoms with Gasteiger partial charge in [-0.15, -0.1) is 0 Å². The van der Waals surface area contributed by atoms with E-state index in [0.29, 0.717) is 17.6 Å². The number of amides is 1. The molecule has 1 heterocycles. The Morgan fingerprint density at radius 3 is 2.54 bits per heavy atom. The maximum Gasteiger partial charge on any atom is 0.276 e. The average molecular weight is 359 g/mol. The van der Waals surface area contributed by atoms with E-state index in [1.807, 2.05) is 0 Å². The molecule has 3 aromatic rings. The third-order valence-corrected chi connectivity index (χ3v) is 3.48. The number of ether oxygens (including phenoxy) is 2. The fraction of sp³-hybridized carbons (Fsp3) is 0.111. The third-order valence-electron chi connectivity index (χ3n) is 3.48. The van der Waals surface area contributed by atoms with Gasteiger partial charge in [0.05, 0.1) is 12.8 Å². The predicted octanol–water partition coefficient (Wildman–Crippen LogP) is 3.46. The minimum absolute atomic E-state index is 0.0760. The molecule has 134 valence electrons. The Morgan fingerprint density at radius 2 is 1.85 bits per heavy atom. The largest absolute Gasteiger partial charge is 0.497 e. The Balaban J connectivity index is 1.60. The summed E-state index contributed by atoms with van der Waals surface area (Å²) in [5.74, 6) is -0.871. The molecule has 0 aliphatic carbocycles. The van der Waals surface area contributed by atoms with Crippen molar-refractivity contribution in [1.82, 2.24) is 9.78 Å². The molecule has 0 saturated carbocycles. The van der Waals surface area contributed by atoms with Gasteiger partial charge in [-0.25, -0.2) is 13.5 Å². The summed E-state index contributed by atoms with van der Waals surface area (Å²) >= 11 is 0. The van der Waals surface area contributed by atoms with Gasteiger partial charge in [0.15, 0.2) is 12.4 Å². The number of hydrogen-bond acceptors (Lipinski definition) is 4. The zero-order valence-electron chi connectivity index (χ0n) is 13.8. The van der Waals surface area contributed by atoms with E-state index in [0.717, 1.165) is 12.1 Å². The Morgan fingerprint density at radius 1 is 1.12 bits per heavy atom. The highest BCUT2D eigenvalue weighted by atomic mass is 19.1. The molecule has 3 rings (SSSR count). The lowest BCUT2D eigenvalue weighted by Gasteiger charge is -2.07. The van der Waals surface area contributed by atoms with Crippen LogP contribution in [-0.2, 0) is 6.73 Å². The molecule has 6 nitrogen and oxygen atoms in total. The SMILES string of the molecule is COc1ccc(OCn2ccc(C(=O)Nc3ccc(F)cc3F)n2)cc1. The number of hydrogen-bond donors (Lipinski definition) is 1. The number of aromatic nitrogens is 2. The summed E-state index contributed by atoms with van der Waals surface area (Å²) in [7, 11) is 1.57. The number of methoxy groups -OCH3 is 1. The van der Waals surface area contributed by atoms with E-state index in [4.69, 9.17) is 9.47 Å². The van der Waals surface area contributed by atoms with Crippen LogP contribution < -0.4 is 14.8 Å². The summed E-state index contributed by atoms with van der Waals surface area (Å²) in [6.45, 7) is 0.0878. The number of nitrogens with zero attached hydrogens (tertiary/aromatic N) is 2. The van der Waals surface area contributed by atoms with Crippen LogP contribution in [0, 0.1) is 11.6 Å². The van der Waals surface area contributed by atoms with Crippen LogP contribution >= 0.6 is 0 Å². The number of benzene rings is 2. The Kier molecular flexibility index (Phi) is 5.12. The van der Waals surface area contributed by atoms with Crippen molar-refractivity contribution < 1.29 is 23.0 Å². The van der Waals surface area contributed by atoms with Gasteiger partial charge in [0.25, 0.3) is 5.91 Å². The van der Waals surface area contributed by atoms with Crippen LogP contribution in [0.3, 0.4) is 0 Å². The lowest BCUT2D eigenvalue weighted by atomic mass is 10.3. The first-order valence-corrected chi connectivity index (χ1v) is 7.62. The van der Waals surface area contributed by atoms with Crippen molar-refractivity contribution in [2.24, 2.45) is 0 Å². The van der Waals surface area contributed by atoms with Crippen molar-refractivity contribution in [2.75, 3.05) is 12.4 Å². The molecule has 0 unspecified atom stereocenters. The summed E-state index contributed by atoms with van der Waals surface area (Å²) in [6, 6.07) is 11.4. The molecule has 0 radical (unpaired) electrons. The smallest absolute Gasteiger partial charge is 0.276 e. The van der Waals surface area contributed by atoms with Crippen LogP contribution in [0.2, 0.25) is 0 Å². The molecule has 0 saturated heterocycles. The second-order valence-electron chi connectivity index (χ2n) is 5.27. The molecule has 0 atom stereocenters. The van der Waals surface area contributed by atoms with E-state index in [2.05, 4.69) is 10.4 Å². The van der Waals surface area contributed by atoms with E-state index in [1.54, 1.807) is 37.6 Å². The number of rotatable bonds is 6. The average Bonchev–Trinajstić information content (AvgIpc) is 3.12. The van der Waals surface area contributed by atoms with E-state index < -0.39 is 17.5 Å². The summed E-state index contributed by atoms with van der Waals surface area (Å²) < 4.78 is 38.5. The molecule has 0 aliphatic heterocycles. The van der Waals surface area contributed by atoms with Gasteiger partial charge < -0.3 is 14.8 Å². The van der Waals surface area contributed by atoms with Crippen molar-refractivity contribution in [2.45, 2.75) is 6.73 Å². The molecule has 0 fully saturated rings. The number of carbonyl (C=O) groups is 1. The van der Waals surface area contributed by atoms with Gasteiger partial charge in [-0.05, 0) is 42.5 Å². The van der Waals surface area contributed by atoms with Gasteiger partial charge in [0.2, 0.25) is 0 Å². The predicted molar refractivity (Wildman–Crippen MR) is 90.2 cm³/mol. The lowest BCUT2D eigenvalue weighted by molar-refractivity contribution is 0.101. The monoisotopic (exact) mass is 359 g/mol. The second kappa shape index (κ2) is 7.64. The van der Waals surface area contributed by atoms with Gasteiger partial charge in [-0.3, -0.25) is 4.79 Å². The number of anilines is 1. The topological polar surface area (TPSA) is 65.4 Å². The van der Waals surface area contributed by atoms with Gasteiger partial charge in [0.1, 0.15) is 23.1 Å². The number of halogens is 2.